The van der Waals surface area contributed by atoms with Crippen LogP contribution in [0.2, 0.25) is 0 Å². The van der Waals surface area contributed by atoms with Crippen molar-refractivity contribution in [2.45, 2.75) is 119 Å². The van der Waals surface area contributed by atoms with Crippen LogP contribution in [0.5, 0.6) is 0 Å². The minimum Gasteiger partial charge on any atom is -0.418 e. The molecule has 0 spiro atoms. The molecule has 0 aliphatic rings. The van der Waals surface area contributed by atoms with Gasteiger partial charge in [0.25, 0.3) is 0 Å². The molecule has 0 bridgehead atoms. The minimum absolute atomic E-state index is 0. The number of hydrogen-bond acceptors (Lipinski definition) is 3. The third-order valence-corrected chi connectivity index (χ3v) is 6.84. The summed E-state index contributed by atoms with van der Waals surface area (Å²) < 4.78 is 45.8. The van der Waals surface area contributed by atoms with E-state index in [-0.39, 0.29) is 19.5 Å². The van der Waals surface area contributed by atoms with Gasteiger partial charge in [0.1, 0.15) is 0 Å². The fourth-order valence-corrected chi connectivity index (χ4v) is 4.66. The van der Waals surface area contributed by atoms with Crippen molar-refractivity contribution in [3.63, 3.8) is 0 Å². The molecule has 220 valence electrons. The summed E-state index contributed by atoms with van der Waals surface area (Å²) in [5.74, 6) is 2.13. The first kappa shape index (κ1) is 36.1. The first-order chi connectivity index (χ1) is 17.8. The smallest absolute Gasteiger partial charge is 0.418 e. The summed E-state index contributed by atoms with van der Waals surface area (Å²) in [5.41, 5.74) is 7.13. The molecule has 0 aliphatic heterocycles. The van der Waals surface area contributed by atoms with E-state index < -0.39 is 14.4 Å². The number of hydrogen-bond donors (Lipinski definition) is 0. The molecular formula is C27H46B2F4N6Zn. The first-order valence-corrected chi connectivity index (χ1v) is 14.2. The Kier molecular flexibility index (Phi) is 12.9. The van der Waals surface area contributed by atoms with E-state index in [0.717, 1.165) is 17.1 Å². The molecule has 3 rings (SSSR count). The molecule has 0 unspecified atom stereocenters. The molecule has 0 saturated heterocycles. The average Bonchev–Trinajstić information content (AvgIpc) is 3.50. The summed E-state index contributed by atoms with van der Waals surface area (Å²) in [5, 5.41) is 15.7. The van der Waals surface area contributed by atoms with Crippen molar-refractivity contribution >= 4 is 14.4 Å². The molecule has 0 radical (unpaired) electrons. The zero-order chi connectivity index (χ0) is 30.0. The van der Waals surface area contributed by atoms with E-state index in [1.54, 1.807) is 0 Å². The van der Waals surface area contributed by atoms with Gasteiger partial charge in [0.2, 0.25) is 0 Å². The van der Waals surface area contributed by atoms with Gasteiger partial charge in [-0.1, -0.05) is 83.1 Å². The third-order valence-electron chi connectivity index (χ3n) is 6.84. The van der Waals surface area contributed by atoms with Crippen molar-refractivity contribution in [3.05, 3.63) is 52.4 Å². The fourth-order valence-electron chi connectivity index (χ4n) is 4.66. The topological polar surface area (TPSA) is 53.5 Å². The Hall–Kier alpha value is -1.90. The molecule has 3 aromatic heterocycles. The van der Waals surface area contributed by atoms with Gasteiger partial charge in [-0.25, -0.2) is 15.3 Å². The van der Waals surface area contributed by atoms with Crippen LogP contribution in [0.3, 0.4) is 0 Å². The number of rotatable bonds is 9. The van der Waals surface area contributed by atoms with Gasteiger partial charge in [-0.05, 0) is 53.7 Å². The van der Waals surface area contributed by atoms with Crippen LogP contribution in [0, 0.1) is 0 Å². The van der Waals surface area contributed by atoms with Gasteiger partial charge in [0.15, 0.2) is 0 Å². The SMILES string of the molecule is CC(C)c1cc(C(C)C)n([BH-](n2nc(C(C)C)cc2C(C)C)n2nc(C(C)C)cc2C(C)C)n1.F[B-](F)(F)F.[Zn+2]. The summed E-state index contributed by atoms with van der Waals surface area (Å²) >= 11 is 0. The number of nitrogens with zero attached hydrogens (tertiary/aromatic N) is 6. The number of aromatic nitrogens is 6. The molecule has 0 aromatic carbocycles. The maximum atomic E-state index is 9.75. The van der Waals surface area contributed by atoms with E-state index in [1.165, 1.54) is 17.1 Å². The molecule has 0 amide bonds. The second kappa shape index (κ2) is 14.3. The van der Waals surface area contributed by atoms with Gasteiger partial charge in [-0.3, -0.25) is 0 Å². The molecule has 3 heterocycles. The largest absolute Gasteiger partial charge is 2.00 e. The van der Waals surface area contributed by atoms with Crippen LogP contribution in [-0.2, 0) is 19.5 Å². The van der Waals surface area contributed by atoms with Crippen molar-refractivity contribution in [1.82, 2.24) is 29.1 Å². The Morgan fingerprint density at radius 1 is 0.500 bits per heavy atom. The second-order valence-corrected chi connectivity index (χ2v) is 12.3. The average molecular weight is 618 g/mol. The molecule has 0 N–H and O–H groups in total. The van der Waals surface area contributed by atoms with Gasteiger partial charge >= 0.3 is 33.8 Å². The van der Waals surface area contributed by atoms with E-state index in [9.17, 15) is 17.3 Å². The second-order valence-electron chi connectivity index (χ2n) is 12.3. The van der Waals surface area contributed by atoms with Crippen LogP contribution in [-0.4, -0.2) is 43.4 Å². The summed E-state index contributed by atoms with van der Waals surface area (Å²) in [7, 11) is -7.46. The molecule has 13 heteroatoms. The van der Waals surface area contributed by atoms with Crippen LogP contribution in [0.25, 0.3) is 0 Å². The Morgan fingerprint density at radius 3 is 0.850 bits per heavy atom. The molecule has 40 heavy (non-hydrogen) atoms. The Morgan fingerprint density at radius 2 is 0.700 bits per heavy atom. The Bertz CT molecular complexity index is 1070. The van der Waals surface area contributed by atoms with Crippen LogP contribution in [0.4, 0.5) is 17.3 Å². The predicted octanol–water partition coefficient (Wildman–Crippen LogP) is 7.98. The van der Waals surface area contributed by atoms with Crippen molar-refractivity contribution < 1.29 is 36.7 Å². The summed E-state index contributed by atoms with van der Waals surface area (Å²) in [6, 6.07) is 6.87. The monoisotopic (exact) mass is 616 g/mol. The third kappa shape index (κ3) is 9.05. The van der Waals surface area contributed by atoms with Crippen molar-refractivity contribution in [1.29, 1.82) is 0 Å². The van der Waals surface area contributed by atoms with E-state index in [0.29, 0.717) is 35.5 Å². The van der Waals surface area contributed by atoms with Crippen LogP contribution >= 0.6 is 0 Å². The first-order valence-electron chi connectivity index (χ1n) is 14.2. The van der Waals surface area contributed by atoms with Gasteiger partial charge in [0, 0.05) is 17.1 Å². The van der Waals surface area contributed by atoms with Crippen molar-refractivity contribution in [3.8, 4) is 0 Å². The van der Waals surface area contributed by atoms with Crippen LogP contribution < -0.4 is 0 Å². The Labute approximate surface area is 250 Å². The quantitative estimate of drug-likeness (QED) is 0.181. The molecule has 0 saturated carbocycles. The fraction of sp³-hybridized carbons (Fsp3) is 0.667. The summed E-state index contributed by atoms with van der Waals surface area (Å²) in [4.78, 5) is 0. The molecule has 0 aliphatic carbocycles. The van der Waals surface area contributed by atoms with Crippen LogP contribution in [0.15, 0.2) is 18.2 Å². The Balaban J connectivity index is 0.00000122. The maximum absolute atomic E-state index is 9.75. The summed E-state index contributed by atoms with van der Waals surface area (Å²) in [6.07, 6.45) is 0. The van der Waals surface area contributed by atoms with Gasteiger partial charge in [0.05, 0.1) is 17.1 Å². The molecule has 6 nitrogen and oxygen atoms in total. The molecule has 0 atom stereocenters. The number of halogens is 4. The maximum Gasteiger partial charge on any atom is 2.00 e. The zero-order valence-electron chi connectivity index (χ0n) is 26.4. The molecule has 3 aromatic rings. The van der Waals surface area contributed by atoms with E-state index in [1.807, 2.05) is 0 Å². The van der Waals surface area contributed by atoms with Gasteiger partial charge in [-0.2, -0.15) is 0 Å². The van der Waals surface area contributed by atoms with Gasteiger partial charge in [-0.15, -0.1) is 0 Å². The van der Waals surface area contributed by atoms with E-state index >= 15 is 0 Å². The van der Waals surface area contributed by atoms with Crippen LogP contribution in [0.1, 0.15) is 153 Å². The molecular weight excluding hydrogens is 571 g/mol. The van der Waals surface area contributed by atoms with E-state index in [2.05, 4.69) is 115 Å². The normalized spacial score (nSPS) is 12.4. The predicted molar refractivity (Wildman–Crippen MR) is 155 cm³/mol. The minimum atomic E-state index is -6.00. The zero-order valence-corrected chi connectivity index (χ0v) is 29.3. The van der Waals surface area contributed by atoms with E-state index in [4.69, 9.17) is 15.3 Å². The van der Waals surface area contributed by atoms with Gasteiger partial charge < -0.3 is 31.0 Å². The van der Waals surface area contributed by atoms with Crippen molar-refractivity contribution in [2.24, 2.45) is 0 Å². The standard InChI is InChI=1S/C27H46BN6.BF4.Zn/c1-16(2)22-13-25(19(7)8)32(29-22)28(33-26(20(9)10)14-23(30-33)17(3)4)34-27(21(11)12)15-24(31-34)18(5)6;2-1(3,4)5;/h13-21,28H,1-12H3;;/q2*-1;+2. The van der Waals surface area contributed by atoms with Crippen molar-refractivity contribution in [2.75, 3.05) is 0 Å². The summed E-state index contributed by atoms with van der Waals surface area (Å²) in [6.45, 7) is 26.8. The molecule has 0 fully saturated rings.